The van der Waals surface area contributed by atoms with Crippen molar-refractivity contribution < 1.29 is 18.7 Å². The van der Waals surface area contributed by atoms with Crippen LogP contribution in [-0.4, -0.2) is 17.5 Å². The maximum Gasteiger partial charge on any atom is 0.408 e. The average molecular weight is 342 g/mol. The SMILES string of the molecule is CC(C)(C)OC(=O)NC1(c2cc(Cl)ccc2F)CCCCC1=O. The van der Waals surface area contributed by atoms with Crippen LogP contribution in [0.25, 0.3) is 0 Å². The van der Waals surface area contributed by atoms with Crippen molar-refractivity contribution in [2.24, 2.45) is 0 Å². The normalized spacial score (nSPS) is 21.9. The number of ether oxygens (including phenoxy) is 1. The molecule has 1 aliphatic rings. The van der Waals surface area contributed by atoms with Gasteiger partial charge in [0.15, 0.2) is 5.78 Å². The number of halogens is 2. The molecule has 1 saturated carbocycles. The van der Waals surface area contributed by atoms with Crippen LogP contribution in [0.15, 0.2) is 18.2 Å². The lowest BCUT2D eigenvalue weighted by Gasteiger charge is -2.37. The van der Waals surface area contributed by atoms with Crippen molar-refractivity contribution in [3.8, 4) is 0 Å². The van der Waals surface area contributed by atoms with Crippen molar-refractivity contribution in [3.63, 3.8) is 0 Å². The van der Waals surface area contributed by atoms with Crippen molar-refractivity contribution in [2.75, 3.05) is 0 Å². The van der Waals surface area contributed by atoms with Gasteiger partial charge in [-0.05, 0) is 58.2 Å². The Kier molecular flexibility index (Phi) is 4.99. The third-order valence-corrected chi connectivity index (χ3v) is 4.02. The predicted molar refractivity (Wildman–Crippen MR) is 85.9 cm³/mol. The highest BCUT2D eigenvalue weighted by Crippen LogP contribution is 2.37. The summed E-state index contributed by atoms with van der Waals surface area (Å²) < 4.78 is 19.6. The zero-order chi connectivity index (χ0) is 17.3. The third kappa shape index (κ3) is 4.02. The molecular weight excluding hydrogens is 321 g/mol. The van der Waals surface area contributed by atoms with Crippen molar-refractivity contribution in [3.05, 3.63) is 34.6 Å². The molecule has 0 heterocycles. The second-order valence-corrected chi connectivity index (χ2v) is 7.22. The van der Waals surface area contributed by atoms with Gasteiger partial charge in [-0.2, -0.15) is 0 Å². The highest BCUT2D eigenvalue weighted by atomic mass is 35.5. The monoisotopic (exact) mass is 341 g/mol. The van der Waals surface area contributed by atoms with Crippen molar-refractivity contribution in [1.82, 2.24) is 5.32 Å². The molecule has 0 aliphatic heterocycles. The first-order valence-corrected chi connectivity index (χ1v) is 8.02. The van der Waals surface area contributed by atoms with Crippen molar-refractivity contribution in [1.29, 1.82) is 0 Å². The number of carbonyl (C=O) groups is 2. The van der Waals surface area contributed by atoms with Crippen molar-refractivity contribution in [2.45, 2.75) is 57.6 Å². The smallest absolute Gasteiger partial charge is 0.408 e. The molecule has 1 aromatic rings. The molecule has 0 saturated heterocycles. The van der Waals surface area contributed by atoms with Gasteiger partial charge in [-0.1, -0.05) is 11.6 Å². The Hall–Kier alpha value is -1.62. The van der Waals surface area contributed by atoms with E-state index in [-0.39, 0.29) is 17.8 Å². The first-order chi connectivity index (χ1) is 10.6. The topological polar surface area (TPSA) is 55.4 Å². The van der Waals surface area contributed by atoms with E-state index in [0.717, 1.165) is 6.42 Å². The highest BCUT2D eigenvalue weighted by molar-refractivity contribution is 6.30. The molecule has 0 spiro atoms. The maximum atomic E-state index is 14.4. The van der Waals surface area contributed by atoms with Crippen LogP contribution in [0, 0.1) is 5.82 Å². The Morgan fingerprint density at radius 1 is 1.35 bits per heavy atom. The maximum absolute atomic E-state index is 14.4. The Balaban J connectivity index is 2.43. The molecule has 1 amide bonds. The second kappa shape index (κ2) is 6.48. The zero-order valence-electron chi connectivity index (χ0n) is 13.5. The molecule has 2 rings (SSSR count). The Morgan fingerprint density at radius 3 is 2.65 bits per heavy atom. The average Bonchev–Trinajstić information content (AvgIpc) is 2.42. The van der Waals surface area contributed by atoms with Crippen LogP contribution in [0.1, 0.15) is 52.0 Å². The summed E-state index contributed by atoms with van der Waals surface area (Å²) in [6.45, 7) is 5.17. The molecule has 1 aromatic carbocycles. The molecule has 6 heteroatoms. The number of rotatable bonds is 2. The summed E-state index contributed by atoms with van der Waals surface area (Å²) in [4.78, 5) is 24.8. The van der Waals surface area contributed by atoms with Gasteiger partial charge < -0.3 is 10.1 Å². The molecule has 1 unspecified atom stereocenters. The molecular formula is C17H21ClFNO3. The number of benzene rings is 1. The standard InChI is InChI=1S/C17H21ClFNO3/c1-16(2,3)23-15(22)20-17(9-5-4-6-14(17)21)12-10-11(18)7-8-13(12)19/h7-8,10H,4-6,9H2,1-3H3,(H,20,22). The zero-order valence-corrected chi connectivity index (χ0v) is 14.3. The molecule has 1 fully saturated rings. The molecule has 0 radical (unpaired) electrons. The number of carbonyl (C=O) groups excluding carboxylic acids is 2. The number of alkyl carbamates (subject to hydrolysis) is 1. The van der Waals surface area contributed by atoms with E-state index < -0.39 is 23.1 Å². The summed E-state index contributed by atoms with van der Waals surface area (Å²) in [6.07, 6.45) is 1.28. The summed E-state index contributed by atoms with van der Waals surface area (Å²) in [5.41, 5.74) is -2.04. The molecule has 0 aromatic heterocycles. The number of hydrogen-bond donors (Lipinski definition) is 1. The van der Waals surface area contributed by atoms with E-state index in [0.29, 0.717) is 17.9 Å². The van der Waals surface area contributed by atoms with Gasteiger partial charge in [-0.15, -0.1) is 0 Å². The van der Waals surface area contributed by atoms with Crippen LogP contribution >= 0.6 is 11.6 Å². The van der Waals surface area contributed by atoms with E-state index in [1.165, 1.54) is 18.2 Å². The molecule has 0 bridgehead atoms. The van der Waals surface area contributed by atoms with Crippen molar-refractivity contribution >= 4 is 23.5 Å². The second-order valence-electron chi connectivity index (χ2n) is 6.79. The van der Waals surface area contributed by atoms with Crippen LogP contribution in [0.4, 0.5) is 9.18 Å². The minimum absolute atomic E-state index is 0.0977. The minimum atomic E-state index is -1.42. The fourth-order valence-corrected chi connectivity index (χ4v) is 2.99. The van der Waals surface area contributed by atoms with Crippen LogP contribution < -0.4 is 5.32 Å². The number of nitrogens with one attached hydrogen (secondary N) is 1. The van der Waals surface area contributed by atoms with Gasteiger partial charge in [-0.3, -0.25) is 4.79 Å². The predicted octanol–water partition coefficient (Wildman–Crippen LogP) is 4.34. The first-order valence-electron chi connectivity index (χ1n) is 7.64. The van der Waals surface area contributed by atoms with E-state index >= 15 is 0 Å². The summed E-state index contributed by atoms with van der Waals surface area (Å²) in [5.74, 6) is -0.795. The van der Waals surface area contributed by atoms with Crippen LogP contribution in [0.2, 0.25) is 5.02 Å². The third-order valence-electron chi connectivity index (χ3n) is 3.78. The van der Waals surface area contributed by atoms with Gasteiger partial charge in [0.2, 0.25) is 0 Å². The summed E-state index contributed by atoms with van der Waals surface area (Å²) in [5, 5.41) is 2.92. The fourth-order valence-electron chi connectivity index (χ4n) is 2.82. The number of Topliss-reactive ketones (excluding diaryl/α,β-unsaturated/α-hetero) is 1. The fraction of sp³-hybridized carbons (Fsp3) is 0.529. The molecule has 126 valence electrons. The summed E-state index contributed by atoms with van der Waals surface area (Å²) in [6, 6.07) is 4.02. The molecule has 1 aliphatic carbocycles. The van der Waals surface area contributed by atoms with E-state index in [9.17, 15) is 14.0 Å². The van der Waals surface area contributed by atoms with Gasteiger partial charge in [0.1, 0.15) is 17.0 Å². The van der Waals surface area contributed by atoms with Crippen LogP contribution in [0.3, 0.4) is 0 Å². The number of amides is 1. The summed E-state index contributed by atoms with van der Waals surface area (Å²) in [7, 11) is 0. The Labute approximate surface area is 140 Å². The largest absolute Gasteiger partial charge is 0.444 e. The van der Waals surface area contributed by atoms with Gasteiger partial charge in [0.25, 0.3) is 0 Å². The highest BCUT2D eigenvalue weighted by Gasteiger charge is 2.45. The lowest BCUT2D eigenvalue weighted by molar-refractivity contribution is -0.128. The lowest BCUT2D eigenvalue weighted by Crippen LogP contribution is -2.54. The van der Waals surface area contributed by atoms with E-state index in [1.54, 1.807) is 20.8 Å². The Bertz CT molecular complexity index is 627. The molecule has 1 N–H and O–H groups in total. The molecule has 4 nitrogen and oxygen atoms in total. The van der Waals surface area contributed by atoms with E-state index in [1.807, 2.05) is 0 Å². The van der Waals surface area contributed by atoms with Crippen LogP contribution in [0.5, 0.6) is 0 Å². The lowest BCUT2D eigenvalue weighted by atomic mass is 9.75. The number of hydrogen-bond acceptors (Lipinski definition) is 3. The minimum Gasteiger partial charge on any atom is -0.444 e. The van der Waals surface area contributed by atoms with E-state index in [2.05, 4.69) is 5.32 Å². The molecule has 23 heavy (non-hydrogen) atoms. The number of ketones is 1. The quantitative estimate of drug-likeness (QED) is 0.870. The van der Waals surface area contributed by atoms with Gasteiger partial charge in [0, 0.05) is 17.0 Å². The van der Waals surface area contributed by atoms with Gasteiger partial charge in [0.05, 0.1) is 0 Å². The van der Waals surface area contributed by atoms with E-state index in [4.69, 9.17) is 16.3 Å². The molecule has 1 atom stereocenters. The first kappa shape index (κ1) is 17.7. The Morgan fingerprint density at radius 2 is 2.04 bits per heavy atom. The van der Waals surface area contributed by atoms with Gasteiger partial charge in [-0.25, -0.2) is 9.18 Å². The van der Waals surface area contributed by atoms with Gasteiger partial charge >= 0.3 is 6.09 Å². The summed E-state index contributed by atoms with van der Waals surface area (Å²) >= 11 is 5.97. The van der Waals surface area contributed by atoms with Crippen LogP contribution in [-0.2, 0) is 15.1 Å².